The highest BCUT2D eigenvalue weighted by molar-refractivity contribution is 5.48. The summed E-state index contributed by atoms with van der Waals surface area (Å²) in [5.74, 6) is 2.12. The fourth-order valence-electron chi connectivity index (χ4n) is 1.11. The molecule has 0 radical (unpaired) electrons. The Morgan fingerprint density at radius 2 is 1.86 bits per heavy atom. The Kier molecular flexibility index (Phi) is 3.56. The molecule has 0 fully saturated rings. The van der Waals surface area contributed by atoms with Crippen LogP contribution < -0.4 is 14.8 Å². The minimum Gasteiger partial charge on any atom is -0.493 e. The van der Waals surface area contributed by atoms with Crippen LogP contribution in [-0.2, 0) is 0 Å². The third kappa shape index (κ3) is 2.52. The number of anilines is 1. The predicted molar refractivity (Wildman–Crippen MR) is 56.1 cm³/mol. The predicted octanol–water partition coefficient (Wildman–Crippen LogP) is 1.92. The molecule has 0 saturated carbocycles. The second kappa shape index (κ2) is 4.69. The summed E-state index contributed by atoms with van der Waals surface area (Å²) in [4.78, 5) is 4.18. The molecule has 0 aliphatic heterocycles. The van der Waals surface area contributed by atoms with Gasteiger partial charge in [-0.25, -0.2) is 4.98 Å². The Morgan fingerprint density at radius 1 is 1.21 bits per heavy atom. The van der Waals surface area contributed by atoms with Gasteiger partial charge >= 0.3 is 0 Å². The lowest BCUT2D eigenvalue weighted by Crippen LogP contribution is -2.11. The molecule has 78 valence electrons. The van der Waals surface area contributed by atoms with Crippen molar-refractivity contribution in [3.8, 4) is 11.5 Å². The molecular weight excluding hydrogens is 180 g/mol. The first-order chi connectivity index (χ1) is 6.67. The largest absolute Gasteiger partial charge is 0.493 e. The Bertz CT molecular complexity index is 300. The van der Waals surface area contributed by atoms with Crippen LogP contribution in [0.25, 0.3) is 0 Å². The molecule has 1 aromatic rings. The average Bonchev–Trinajstić information content (AvgIpc) is 2.16. The third-order valence-electron chi connectivity index (χ3n) is 1.71. The standard InChI is InChI=1S/C10H16N2O2/c1-7(2)12-10-5-8(13-3)9(14-4)6-11-10/h5-7H,1-4H3,(H,11,12). The first-order valence-corrected chi connectivity index (χ1v) is 4.52. The van der Waals surface area contributed by atoms with Crippen LogP contribution in [0.3, 0.4) is 0 Å². The molecule has 4 nitrogen and oxygen atoms in total. The monoisotopic (exact) mass is 196 g/mol. The van der Waals surface area contributed by atoms with Crippen molar-refractivity contribution < 1.29 is 9.47 Å². The summed E-state index contributed by atoms with van der Waals surface area (Å²) >= 11 is 0. The number of hydrogen-bond donors (Lipinski definition) is 1. The normalized spacial score (nSPS) is 10.1. The highest BCUT2D eigenvalue weighted by Gasteiger charge is 2.05. The first kappa shape index (κ1) is 10.6. The summed E-state index contributed by atoms with van der Waals surface area (Å²) < 4.78 is 10.2. The zero-order chi connectivity index (χ0) is 10.6. The maximum Gasteiger partial charge on any atom is 0.179 e. The van der Waals surface area contributed by atoms with E-state index in [1.807, 2.05) is 6.07 Å². The van der Waals surface area contributed by atoms with E-state index in [-0.39, 0.29) is 0 Å². The van der Waals surface area contributed by atoms with Crippen LogP contribution in [0.1, 0.15) is 13.8 Å². The molecule has 0 amide bonds. The van der Waals surface area contributed by atoms with Gasteiger partial charge < -0.3 is 14.8 Å². The molecule has 0 aromatic carbocycles. The molecule has 0 unspecified atom stereocenters. The molecule has 0 spiro atoms. The lowest BCUT2D eigenvalue weighted by Gasteiger charge is -2.12. The fraction of sp³-hybridized carbons (Fsp3) is 0.500. The summed E-state index contributed by atoms with van der Waals surface area (Å²) in [5.41, 5.74) is 0. The maximum atomic E-state index is 5.15. The average molecular weight is 196 g/mol. The van der Waals surface area contributed by atoms with Crippen molar-refractivity contribution in [2.24, 2.45) is 0 Å². The summed E-state index contributed by atoms with van der Waals surface area (Å²) in [6.45, 7) is 4.11. The van der Waals surface area contributed by atoms with E-state index in [1.165, 1.54) is 0 Å². The second-order valence-corrected chi connectivity index (χ2v) is 3.22. The van der Waals surface area contributed by atoms with Crippen molar-refractivity contribution in [1.82, 2.24) is 4.98 Å². The van der Waals surface area contributed by atoms with Crippen molar-refractivity contribution in [3.63, 3.8) is 0 Å². The van der Waals surface area contributed by atoms with E-state index in [0.717, 1.165) is 5.82 Å². The van der Waals surface area contributed by atoms with Crippen molar-refractivity contribution in [3.05, 3.63) is 12.3 Å². The summed E-state index contributed by atoms with van der Waals surface area (Å²) in [6, 6.07) is 2.17. The first-order valence-electron chi connectivity index (χ1n) is 4.52. The highest BCUT2D eigenvalue weighted by Crippen LogP contribution is 2.27. The van der Waals surface area contributed by atoms with Crippen molar-refractivity contribution in [1.29, 1.82) is 0 Å². The zero-order valence-electron chi connectivity index (χ0n) is 9.00. The van der Waals surface area contributed by atoms with Gasteiger partial charge in [0.15, 0.2) is 11.5 Å². The van der Waals surface area contributed by atoms with Crippen molar-refractivity contribution >= 4 is 5.82 Å². The molecule has 1 N–H and O–H groups in total. The van der Waals surface area contributed by atoms with Crippen molar-refractivity contribution in [2.75, 3.05) is 19.5 Å². The molecular formula is C10H16N2O2. The van der Waals surface area contributed by atoms with Gasteiger partial charge in [0, 0.05) is 12.1 Å². The number of pyridine rings is 1. The highest BCUT2D eigenvalue weighted by atomic mass is 16.5. The molecule has 1 heterocycles. The van der Waals surface area contributed by atoms with Gasteiger partial charge in [-0.05, 0) is 13.8 Å². The maximum absolute atomic E-state index is 5.15. The Balaban J connectivity index is 2.89. The molecule has 0 aliphatic carbocycles. The second-order valence-electron chi connectivity index (χ2n) is 3.22. The number of methoxy groups -OCH3 is 2. The van der Waals surface area contributed by atoms with Crippen LogP contribution in [0.2, 0.25) is 0 Å². The molecule has 0 aliphatic rings. The minimum atomic E-state index is 0.348. The van der Waals surface area contributed by atoms with E-state index >= 15 is 0 Å². The van der Waals surface area contributed by atoms with E-state index in [4.69, 9.17) is 9.47 Å². The van der Waals surface area contributed by atoms with E-state index in [9.17, 15) is 0 Å². The van der Waals surface area contributed by atoms with E-state index in [0.29, 0.717) is 17.5 Å². The number of nitrogens with zero attached hydrogens (tertiary/aromatic N) is 1. The summed E-state index contributed by atoms with van der Waals surface area (Å²) in [6.07, 6.45) is 1.64. The lowest BCUT2D eigenvalue weighted by molar-refractivity contribution is 0.353. The van der Waals surface area contributed by atoms with E-state index in [2.05, 4.69) is 24.1 Å². The topological polar surface area (TPSA) is 43.4 Å². The Morgan fingerprint density at radius 3 is 2.36 bits per heavy atom. The smallest absolute Gasteiger partial charge is 0.179 e. The molecule has 1 rings (SSSR count). The van der Waals surface area contributed by atoms with Crippen LogP contribution in [-0.4, -0.2) is 25.2 Å². The van der Waals surface area contributed by atoms with Crippen molar-refractivity contribution in [2.45, 2.75) is 19.9 Å². The summed E-state index contributed by atoms with van der Waals surface area (Å²) in [5, 5.41) is 3.18. The lowest BCUT2D eigenvalue weighted by atomic mass is 10.3. The molecule has 14 heavy (non-hydrogen) atoms. The zero-order valence-corrected chi connectivity index (χ0v) is 9.00. The number of aromatic nitrogens is 1. The van der Waals surface area contributed by atoms with Gasteiger partial charge in [0.1, 0.15) is 5.82 Å². The SMILES string of the molecule is COc1cnc(NC(C)C)cc1OC. The Hall–Kier alpha value is -1.45. The van der Waals surface area contributed by atoms with Gasteiger partial charge in [0.05, 0.1) is 20.4 Å². The third-order valence-corrected chi connectivity index (χ3v) is 1.71. The number of nitrogens with one attached hydrogen (secondary N) is 1. The Labute approximate surface area is 84.3 Å². The van der Waals surface area contributed by atoms with Gasteiger partial charge in [-0.3, -0.25) is 0 Å². The molecule has 0 bridgehead atoms. The van der Waals surface area contributed by atoms with Gasteiger partial charge in [-0.1, -0.05) is 0 Å². The molecule has 0 saturated heterocycles. The minimum absolute atomic E-state index is 0.348. The quantitative estimate of drug-likeness (QED) is 0.799. The van der Waals surface area contributed by atoms with Crippen LogP contribution in [0, 0.1) is 0 Å². The number of ether oxygens (including phenoxy) is 2. The van der Waals surface area contributed by atoms with Crippen LogP contribution >= 0.6 is 0 Å². The van der Waals surface area contributed by atoms with Gasteiger partial charge in [-0.15, -0.1) is 0 Å². The molecule has 1 aromatic heterocycles. The molecule has 0 atom stereocenters. The van der Waals surface area contributed by atoms with E-state index < -0.39 is 0 Å². The van der Waals surface area contributed by atoms with Crippen LogP contribution in [0.4, 0.5) is 5.82 Å². The van der Waals surface area contributed by atoms with Gasteiger partial charge in [0.2, 0.25) is 0 Å². The van der Waals surface area contributed by atoms with Gasteiger partial charge in [-0.2, -0.15) is 0 Å². The van der Waals surface area contributed by atoms with Crippen LogP contribution in [0.5, 0.6) is 11.5 Å². The molecule has 4 heteroatoms. The number of rotatable bonds is 4. The summed E-state index contributed by atoms with van der Waals surface area (Å²) in [7, 11) is 3.20. The van der Waals surface area contributed by atoms with Gasteiger partial charge in [0.25, 0.3) is 0 Å². The van der Waals surface area contributed by atoms with Crippen LogP contribution in [0.15, 0.2) is 12.3 Å². The number of hydrogen-bond acceptors (Lipinski definition) is 4. The fourth-order valence-corrected chi connectivity index (χ4v) is 1.11. The van der Waals surface area contributed by atoms with E-state index in [1.54, 1.807) is 20.4 Å².